The maximum absolute atomic E-state index is 12.7. The van der Waals surface area contributed by atoms with Crippen LogP contribution in [0.2, 0.25) is 0 Å². The Labute approximate surface area is 173 Å². The number of carbonyl (C=O) groups excluding carboxylic acids is 2. The van der Waals surface area contributed by atoms with E-state index in [9.17, 15) is 9.59 Å². The van der Waals surface area contributed by atoms with E-state index < -0.39 is 0 Å². The van der Waals surface area contributed by atoms with Gasteiger partial charge in [-0.05, 0) is 48.6 Å². The van der Waals surface area contributed by atoms with Crippen LogP contribution in [0.5, 0.6) is 0 Å². The molecule has 3 heteroatoms. The van der Waals surface area contributed by atoms with E-state index in [-0.39, 0.29) is 11.7 Å². The fourth-order valence-corrected chi connectivity index (χ4v) is 3.44. The summed E-state index contributed by atoms with van der Waals surface area (Å²) < 4.78 is 0. The van der Waals surface area contributed by atoms with Gasteiger partial charge in [-0.2, -0.15) is 0 Å². The van der Waals surface area contributed by atoms with E-state index in [1.807, 2.05) is 72.8 Å². The van der Waals surface area contributed by atoms with Crippen LogP contribution in [0.25, 0.3) is 0 Å². The first-order chi connectivity index (χ1) is 14.1. The van der Waals surface area contributed by atoms with Gasteiger partial charge in [-0.25, -0.2) is 0 Å². The highest BCUT2D eigenvalue weighted by atomic mass is 16.2. The monoisotopic (exact) mass is 385 g/mol. The molecule has 1 atom stereocenters. The van der Waals surface area contributed by atoms with Gasteiger partial charge in [0.25, 0.3) is 5.91 Å². The lowest BCUT2D eigenvalue weighted by molar-refractivity contribution is 0.0975. The molecular formula is C26H27NO2. The van der Waals surface area contributed by atoms with Crippen LogP contribution in [0.1, 0.15) is 58.4 Å². The summed E-state index contributed by atoms with van der Waals surface area (Å²) in [6.07, 6.45) is 2.33. The molecule has 1 amide bonds. The Balaban J connectivity index is 1.59. The number of ketones is 1. The first-order valence-corrected chi connectivity index (χ1v) is 10.1. The van der Waals surface area contributed by atoms with Crippen LogP contribution in [0.4, 0.5) is 5.69 Å². The first kappa shape index (κ1) is 20.5. The molecule has 0 radical (unpaired) electrons. The van der Waals surface area contributed by atoms with Gasteiger partial charge >= 0.3 is 0 Å². The van der Waals surface area contributed by atoms with Crippen molar-refractivity contribution in [3.8, 4) is 0 Å². The number of nitrogens with zero attached hydrogens (tertiary/aromatic N) is 1. The summed E-state index contributed by atoms with van der Waals surface area (Å²) in [5, 5.41) is 0. The third-order valence-electron chi connectivity index (χ3n) is 5.29. The molecular weight excluding hydrogens is 358 g/mol. The van der Waals surface area contributed by atoms with E-state index in [2.05, 4.69) is 19.1 Å². The number of hydrogen-bond donors (Lipinski definition) is 0. The van der Waals surface area contributed by atoms with E-state index in [0.717, 1.165) is 24.1 Å². The molecule has 0 heterocycles. The molecule has 29 heavy (non-hydrogen) atoms. The third kappa shape index (κ3) is 5.41. The number of amides is 1. The molecule has 0 N–H and O–H groups in total. The van der Waals surface area contributed by atoms with Crippen LogP contribution >= 0.6 is 0 Å². The highest BCUT2D eigenvalue weighted by Gasteiger charge is 2.15. The molecule has 0 spiro atoms. The molecule has 3 aromatic carbocycles. The van der Waals surface area contributed by atoms with E-state index in [1.54, 1.807) is 11.9 Å². The van der Waals surface area contributed by atoms with Gasteiger partial charge in [-0.15, -0.1) is 0 Å². The fraction of sp³-hybridized carbons (Fsp3) is 0.231. The van der Waals surface area contributed by atoms with Crippen LogP contribution in [-0.4, -0.2) is 18.7 Å². The summed E-state index contributed by atoms with van der Waals surface area (Å²) in [5.74, 6) is 0.488. The largest absolute Gasteiger partial charge is 0.311 e. The molecule has 0 saturated heterocycles. The summed E-state index contributed by atoms with van der Waals surface area (Å²) in [6.45, 7) is 2.17. The lowest BCUT2D eigenvalue weighted by atomic mass is 9.93. The Bertz CT molecular complexity index is 951. The van der Waals surface area contributed by atoms with E-state index in [1.165, 1.54) is 5.56 Å². The van der Waals surface area contributed by atoms with E-state index in [0.29, 0.717) is 17.9 Å². The molecule has 148 valence electrons. The lowest BCUT2D eigenvalue weighted by Crippen LogP contribution is -2.26. The van der Waals surface area contributed by atoms with Crippen molar-refractivity contribution in [1.29, 1.82) is 0 Å². The van der Waals surface area contributed by atoms with Gasteiger partial charge in [-0.3, -0.25) is 9.59 Å². The van der Waals surface area contributed by atoms with Gasteiger partial charge in [0, 0.05) is 30.3 Å². The summed E-state index contributed by atoms with van der Waals surface area (Å²) >= 11 is 0. The topological polar surface area (TPSA) is 37.4 Å². The number of benzene rings is 3. The summed E-state index contributed by atoms with van der Waals surface area (Å²) in [5.41, 5.74) is 3.52. The number of Topliss-reactive ketones (excluding diaryl/α,β-unsaturated/α-hetero) is 1. The van der Waals surface area contributed by atoms with Crippen molar-refractivity contribution in [3.05, 3.63) is 102 Å². The summed E-state index contributed by atoms with van der Waals surface area (Å²) in [4.78, 5) is 26.7. The number of carbonyl (C=O) groups is 2. The molecule has 0 aliphatic heterocycles. The Hall–Kier alpha value is -3.20. The second kappa shape index (κ2) is 9.83. The molecule has 3 aromatic rings. The molecule has 0 bridgehead atoms. The number of rotatable bonds is 8. The standard InChI is InChI=1S/C26H27NO2/c1-20(11-9-18-25(28)21-12-5-3-6-13-21)23-16-10-17-24(19-23)27(2)26(29)22-14-7-4-8-15-22/h3-8,10,12-17,19-20H,9,11,18H2,1-2H3. The highest BCUT2D eigenvalue weighted by Crippen LogP contribution is 2.26. The van der Waals surface area contributed by atoms with Crippen LogP contribution in [0, 0.1) is 0 Å². The average Bonchev–Trinajstić information content (AvgIpc) is 2.79. The van der Waals surface area contributed by atoms with Crippen molar-refractivity contribution in [2.75, 3.05) is 11.9 Å². The van der Waals surface area contributed by atoms with Gasteiger partial charge in [0.05, 0.1) is 0 Å². The Morgan fingerprint density at radius 3 is 2.10 bits per heavy atom. The summed E-state index contributed by atoms with van der Waals surface area (Å²) in [7, 11) is 1.80. The van der Waals surface area contributed by atoms with Crippen molar-refractivity contribution >= 4 is 17.4 Å². The Morgan fingerprint density at radius 2 is 1.45 bits per heavy atom. The SMILES string of the molecule is CC(CCCC(=O)c1ccccc1)c1cccc(N(C)C(=O)c2ccccc2)c1. The van der Waals surface area contributed by atoms with E-state index >= 15 is 0 Å². The quantitative estimate of drug-likeness (QED) is 0.438. The van der Waals surface area contributed by atoms with Crippen LogP contribution in [-0.2, 0) is 0 Å². The fourth-order valence-electron chi connectivity index (χ4n) is 3.44. The van der Waals surface area contributed by atoms with E-state index in [4.69, 9.17) is 0 Å². The van der Waals surface area contributed by atoms with Crippen LogP contribution in [0.15, 0.2) is 84.9 Å². The van der Waals surface area contributed by atoms with Crippen molar-refractivity contribution in [1.82, 2.24) is 0 Å². The predicted molar refractivity (Wildman–Crippen MR) is 119 cm³/mol. The Morgan fingerprint density at radius 1 is 0.828 bits per heavy atom. The molecule has 1 unspecified atom stereocenters. The minimum atomic E-state index is -0.0242. The minimum Gasteiger partial charge on any atom is -0.311 e. The minimum absolute atomic E-state index is 0.0242. The molecule has 0 aliphatic carbocycles. The number of anilines is 1. The smallest absolute Gasteiger partial charge is 0.258 e. The highest BCUT2D eigenvalue weighted by molar-refractivity contribution is 6.05. The van der Waals surface area contributed by atoms with Crippen molar-refractivity contribution in [3.63, 3.8) is 0 Å². The average molecular weight is 386 g/mol. The zero-order valence-electron chi connectivity index (χ0n) is 17.0. The van der Waals surface area contributed by atoms with Gasteiger partial charge in [-0.1, -0.05) is 67.6 Å². The third-order valence-corrected chi connectivity index (χ3v) is 5.29. The zero-order chi connectivity index (χ0) is 20.6. The normalized spacial score (nSPS) is 11.7. The summed E-state index contributed by atoms with van der Waals surface area (Å²) in [6, 6.07) is 26.9. The van der Waals surface area contributed by atoms with Crippen molar-refractivity contribution in [2.45, 2.75) is 32.1 Å². The first-order valence-electron chi connectivity index (χ1n) is 10.1. The molecule has 0 aromatic heterocycles. The van der Waals surface area contributed by atoms with Gasteiger partial charge < -0.3 is 4.90 Å². The van der Waals surface area contributed by atoms with Gasteiger partial charge in [0.2, 0.25) is 0 Å². The van der Waals surface area contributed by atoms with Gasteiger partial charge in [0.15, 0.2) is 5.78 Å². The predicted octanol–water partition coefficient (Wildman–Crippen LogP) is 6.12. The maximum Gasteiger partial charge on any atom is 0.258 e. The molecule has 3 rings (SSSR count). The van der Waals surface area contributed by atoms with Gasteiger partial charge in [0.1, 0.15) is 0 Å². The maximum atomic E-state index is 12.7. The second-order valence-corrected chi connectivity index (χ2v) is 7.41. The number of hydrogen-bond acceptors (Lipinski definition) is 2. The Kier molecular flexibility index (Phi) is 6.96. The van der Waals surface area contributed by atoms with Crippen LogP contribution in [0.3, 0.4) is 0 Å². The molecule has 0 saturated carbocycles. The zero-order valence-corrected chi connectivity index (χ0v) is 17.0. The van der Waals surface area contributed by atoms with Crippen molar-refractivity contribution in [2.24, 2.45) is 0 Å². The molecule has 0 aliphatic rings. The molecule has 0 fully saturated rings. The molecule has 3 nitrogen and oxygen atoms in total. The second-order valence-electron chi connectivity index (χ2n) is 7.41. The van der Waals surface area contributed by atoms with Crippen LogP contribution < -0.4 is 4.90 Å². The lowest BCUT2D eigenvalue weighted by Gasteiger charge is -2.20. The van der Waals surface area contributed by atoms with Crippen molar-refractivity contribution < 1.29 is 9.59 Å².